The van der Waals surface area contributed by atoms with Crippen molar-refractivity contribution in [2.24, 2.45) is 0 Å². The fourth-order valence-electron chi connectivity index (χ4n) is 1.55. The van der Waals surface area contributed by atoms with Crippen LogP contribution in [0.5, 0.6) is 0 Å². The summed E-state index contributed by atoms with van der Waals surface area (Å²) < 4.78 is 5.73. The predicted octanol–water partition coefficient (Wildman–Crippen LogP) is 2.20. The Bertz CT molecular complexity index is 579. The van der Waals surface area contributed by atoms with Crippen LogP contribution in [-0.2, 0) is 0 Å². The molecular formula is C14H13BrN2O3. The number of halogens is 1. The molecule has 20 heavy (non-hydrogen) atoms. The molecule has 2 aromatic rings. The Morgan fingerprint density at radius 1 is 0.950 bits per heavy atom. The first-order chi connectivity index (χ1) is 9.66. The first kappa shape index (κ1) is 14.3. The minimum atomic E-state index is -0.225. The lowest BCUT2D eigenvalue weighted by Gasteiger charge is -2.06. The molecule has 0 spiro atoms. The van der Waals surface area contributed by atoms with Crippen molar-refractivity contribution < 1.29 is 14.0 Å². The van der Waals surface area contributed by atoms with Crippen LogP contribution >= 0.6 is 15.9 Å². The Balaban J connectivity index is 1.72. The van der Waals surface area contributed by atoms with E-state index in [0.29, 0.717) is 24.2 Å². The Kier molecular flexibility index (Phi) is 4.95. The first-order valence-corrected chi connectivity index (χ1v) is 6.80. The highest BCUT2D eigenvalue weighted by Gasteiger charge is 2.07. The number of hydrogen-bond acceptors (Lipinski definition) is 3. The van der Waals surface area contributed by atoms with Crippen molar-refractivity contribution in [1.82, 2.24) is 10.6 Å². The second-order valence-electron chi connectivity index (χ2n) is 4.03. The summed E-state index contributed by atoms with van der Waals surface area (Å²) in [7, 11) is 0. The zero-order valence-electron chi connectivity index (χ0n) is 10.6. The lowest BCUT2D eigenvalue weighted by molar-refractivity contribution is 0.0927. The van der Waals surface area contributed by atoms with Gasteiger partial charge in [-0.1, -0.05) is 15.9 Å². The molecule has 0 radical (unpaired) electrons. The van der Waals surface area contributed by atoms with E-state index in [4.69, 9.17) is 4.42 Å². The third-order valence-corrected chi connectivity index (χ3v) is 3.11. The lowest BCUT2D eigenvalue weighted by Crippen LogP contribution is -2.34. The summed E-state index contributed by atoms with van der Waals surface area (Å²) in [6.45, 7) is 0.713. The fraction of sp³-hybridized carbons (Fsp3) is 0.143. The summed E-state index contributed by atoms with van der Waals surface area (Å²) in [6, 6.07) is 8.63. The van der Waals surface area contributed by atoms with Crippen LogP contribution in [0.4, 0.5) is 0 Å². The average molecular weight is 337 g/mol. The van der Waals surface area contributed by atoms with Crippen LogP contribution in [0.25, 0.3) is 0 Å². The predicted molar refractivity (Wildman–Crippen MR) is 77.5 cm³/mol. The molecule has 0 saturated heterocycles. The molecule has 2 rings (SSSR count). The van der Waals surface area contributed by atoms with Gasteiger partial charge in [-0.2, -0.15) is 0 Å². The number of rotatable bonds is 5. The molecule has 1 heterocycles. The molecule has 5 nitrogen and oxygen atoms in total. The highest BCUT2D eigenvalue weighted by molar-refractivity contribution is 9.10. The quantitative estimate of drug-likeness (QED) is 0.822. The van der Waals surface area contributed by atoms with E-state index in [1.807, 2.05) is 0 Å². The molecule has 2 amide bonds. The second kappa shape index (κ2) is 6.91. The molecule has 0 atom stereocenters. The molecule has 1 aromatic carbocycles. The molecule has 0 saturated carbocycles. The molecule has 104 valence electrons. The smallest absolute Gasteiger partial charge is 0.254 e. The number of benzene rings is 1. The van der Waals surface area contributed by atoms with E-state index in [1.54, 1.807) is 30.3 Å². The number of nitrogens with one attached hydrogen (secondary N) is 2. The van der Waals surface area contributed by atoms with Gasteiger partial charge in [-0.05, 0) is 30.3 Å². The normalized spacial score (nSPS) is 10.1. The van der Waals surface area contributed by atoms with Crippen molar-refractivity contribution in [3.63, 3.8) is 0 Å². The molecule has 0 fully saturated rings. The summed E-state index contributed by atoms with van der Waals surface area (Å²) in [5.41, 5.74) is 1.04. The molecule has 6 heteroatoms. The molecule has 0 aliphatic rings. The molecule has 0 aliphatic carbocycles. The molecule has 0 aliphatic heterocycles. The topological polar surface area (TPSA) is 71.3 Å². The Morgan fingerprint density at radius 3 is 2.10 bits per heavy atom. The molecule has 0 unspecified atom stereocenters. The van der Waals surface area contributed by atoms with Gasteiger partial charge in [0.05, 0.1) is 11.8 Å². The SMILES string of the molecule is O=C(NCCNC(=O)c1ccoc1)c1ccc(Br)cc1. The van der Waals surface area contributed by atoms with E-state index in [0.717, 1.165) is 4.47 Å². The summed E-state index contributed by atoms with van der Waals surface area (Å²) in [5.74, 6) is -0.397. The maximum Gasteiger partial charge on any atom is 0.254 e. The van der Waals surface area contributed by atoms with E-state index in [2.05, 4.69) is 26.6 Å². The summed E-state index contributed by atoms with van der Waals surface area (Å²) in [5, 5.41) is 5.41. The van der Waals surface area contributed by atoms with Gasteiger partial charge < -0.3 is 15.1 Å². The van der Waals surface area contributed by atoms with Crippen molar-refractivity contribution in [1.29, 1.82) is 0 Å². The van der Waals surface area contributed by atoms with E-state index in [9.17, 15) is 9.59 Å². The summed E-state index contributed by atoms with van der Waals surface area (Å²) in [6.07, 6.45) is 2.81. The molecule has 2 N–H and O–H groups in total. The summed E-state index contributed by atoms with van der Waals surface area (Å²) >= 11 is 3.31. The van der Waals surface area contributed by atoms with Gasteiger partial charge in [-0.15, -0.1) is 0 Å². The molecule has 0 bridgehead atoms. The van der Waals surface area contributed by atoms with Crippen molar-refractivity contribution in [2.75, 3.05) is 13.1 Å². The second-order valence-corrected chi connectivity index (χ2v) is 4.95. The zero-order chi connectivity index (χ0) is 14.4. The van der Waals surface area contributed by atoms with Crippen LogP contribution < -0.4 is 10.6 Å². The van der Waals surface area contributed by atoms with Crippen LogP contribution in [0, 0.1) is 0 Å². The number of furan rings is 1. The van der Waals surface area contributed by atoms with E-state index >= 15 is 0 Å². The maximum absolute atomic E-state index is 11.8. The minimum absolute atomic E-state index is 0.171. The fourth-order valence-corrected chi connectivity index (χ4v) is 1.82. The van der Waals surface area contributed by atoms with Crippen LogP contribution in [0.2, 0.25) is 0 Å². The number of hydrogen-bond donors (Lipinski definition) is 2. The van der Waals surface area contributed by atoms with Crippen LogP contribution in [0.15, 0.2) is 51.7 Å². The van der Waals surface area contributed by atoms with Gasteiger partial charge in [0.25, 0.3) is 11.8 Å². The Morgan fingerprint density at radius 2 is 1.55 bits per heavy atom. The highest BCUT2D eigenvalue weighted by Crippen LogP contribution is 2.10. The third kappa shape index (κ3) is 3.96. The van der Waals surface area contributed by atoms with Crippen molar-refractivity contribution in [2.45, 2.75) is 0 Å². The Labute approximate surface area is 124 Å². The van der Waals surface area contributed by atoms with Crippen molar-refractivity contribution >= 4 is 27.7 Å². The monoisotopic (exact) mass is 336 g/mol. The Hall–Kier alpha value is -2.08. The van der Waals surface area contributed by atoms with Gasteiger partial charge in [0.15, 0.2) is 0 Å². The summed E-state index contributed by atoms with van der Waals surface area (Å²) in [4.78, 5) is 23.3. The van der Waals surface area contributed by atoms with Crippen molar-refractivity contribution in [3.8, 4) is 0 Å². The van der Waals surface area contributed by atoms with Crippen LogP contribution in [0.1, 0.15) is 20.7 Å². The van der Waals surface area contributed by atoms with Gasteiger partial charge in [0.1, 0.15) is 6.26 Å². The minimum Gasteiger partial charge on any atom is -0.472 e. The van der Waals surface area contributed by atoms with E-state index in [1.165, 1.54) is 12.5 Å². The molecular weight excluding hydrogens is 324 g/mol. The number of carbonyl (C=O) groups is 2. The first-order valence-electron chi connectivity index (χ1n) is 6.01. The van der Waals surface area contributed by atoms with Gasteiger partial charge in [0.2, 0.25) is 0 Å². The van der Waals surface area contributed by atoms with Gasteiger partial charge >= 0.3 is 0 Å². The maximum atomic E-state index is 11.8. The highest BCUT2D eigenvalue weighted by atomic mass is 79.9. The largest absolute Gasteiger partial charge is 0.472 e. The van der Waals surface area contributed by atoms with Gasteiger partial charge in [0, 0.05) is 23.1 Å². The molecule has 1 aromatic heterocycles. The zero-order valence-corrected chi connectivity index (χ0v) is 12.1. The van der Waals surface area contributed by atoms with E-state index < -0.39 is 0 Å². The average Bonchev–Trinajstić information content (AvgIpc) is 2.98. The standard InChI is InChI=1S/C14H13BrN2O3/c15-12-3-1-10(2-4-12)13(18)16-6-7-17-14(19)11-5-8-20-9-11/h1-5,8-9H,6-7H2,(H,16,18)(H,17,19). The van der Waals surface area contributed by atoms with Gasteiger partial charge in [-0.25, -0.2) is 0 Å². The number of carbonyl (C=O) groups excluding carboxylic acids is 2. The lowest BCUT2D eigenvalue weighted by atomic mass is 10.2. The van der Waals surface area contributed by atoms with Crippen LogP contribution in [0.3, 0.4) is 0 Å². The van der Waals surface area contributed by atoms with Crippen molar-refractivity contribution in [3.05, 3.63) is 58.5 Å². The van der Waals surface area contributed by atoms with Gasteiger partial charge in [-0.3, -0.25) is 9.59 Å². The number of amides is 2. The third-order valence-electron chi connectivity index (χ3n) is 2.59. The van der Waals surface area contributed by atoms with Crippen LogP contribution in [-0.4, -0.2) is 24.9 Å². The van der Waals surface area contributed by atoms with E-state index in [-0.39, 0.29) is 11.8 Å².